The number of carbonyl (C=O) groups excluding carboxylic acids is 1. The van der Waals surface area contributed by atoms with Gasteiger partial charge in [0.05, 0.1) is 16.3 Å². The molecule has 1 aromatic carbocycles. The number of benzene rings is 1. The number of epoxide rings is 1. The molecule has 0 saturated carbocycles. The first-order valence-corrected chi connectivity index (χ1v) is 7.37. The minimum absolute atomic E-state index is 0.0550. The topological polar surface area (TPSA) is 29.6 Å². The molecule has 2 rings (SSSR count). The molecule has 3 unspecified atom stereocenters. The van der Waals surface area contributed by atoms with Crippen LogP contribution >= 0.6 is 43.5 Å². The Kier molecular flexibility index (Phi) is 3.98. The fraction of sp³-hybridized carbons (Fsp3) is 0.417. The number of ether oxygens (including phenoxy) is 1. The van der Waals surface area contributed by atoms with Gasteiger partial charge in [0.15, 0.2) is 5.78 Å². The Morgan fingerprint density at radius 3 is 2.71 bits per heavy atom. The van der Waals surface area contributed by atoms with E-state index in [1.165, 1.54) is 0 Å². The van der Waals surface area contributed by atoms with Gasteiger partial charge in [-0.3, -0.25) is 4.79 Å². The highest BCUT2D eigenvalue weighted by Crippen LogP contribution is 2.39. The van der Waals surface area contributed by atoms with Gasteiger partial charge in [0.2, 0.25) is 0 Å². The van der Waals surface area contributed by atoms with Crippen LogP contribution in [0.3, 0.4) is 0 Å². The zero-order chi connectivity index (χ0) is 12.6. The summed E-state index contributed by atoms with van der Waals surface area (Å²) >= 11 is 12.9. The highest BCUT2D eigenvalue weighted by molar-refractivity contribution is 9.12. The normalized spacial score (nSPS) is 26.4. The molecule has 17 heavy (non-hydrogen) atoms. The molecule has 1 aromatic rings. The molecule has 1 saturated heterocycles. The number of halogens is 3. The number of Topliss-reactive ketones (excluding diaryl/α,β-unsaturated/α-hetero) is 1. The van der Waals surface area contributed by atoms with E-state index < -0.39 is 5.60 Å². The van der Waals surface area contributed by atoms with Gasteiger partial charge in [0, 0.05) is 5.02 Å². The molecule has 0 amide bonds. The van der Waals surface area contributed by atoms with Crippen molar-refractivity contribution in [3.63, 3.8) is 0 Å². The first-order valence-electron chi connectivity index (χ1n) is 5.16. The molecule has 2 nitrogen and oxygen atoms in total. The van der Waals surface area contributed by atoms with Crippen molar-refractivity contribution in [1.29, 1.82) is 0 Å². The summed E-state index contributed by atoms with van der Waals surface area (Å²) in [5.41, 5.74) is 0.357. The van der Waals surface area contributed by atoms with Crippen LogP contribution in [0, 0.1) is 0 Å². The quantitative estimate of drug-likeness (QED) is 0.584. The molecule has 1 aliphatic heterocycles. The van der Waals surface area contributed by atoms with Gasteiger partial charge >= 0.3 is 0 Å². The number of ketones is 1. The standard InChI is InChI=1S/C12H11Br2ClO2/c1-12(6-17-12)11(16)10(14)9(13)7-3-2-4-8(15)5-7/h2-5,9-10H,6H2,1H3. The number of hydrogen-bond acceptors (Lipinski definition) is 2. The second kappa shape index (κ2) is 5.00. The Hall–Kier alpha value is 0.1000. The third-order valence-corrected chi connectivity index (χ3v) is 5.72. The van der Waals surface area contributed by atoms with Gasteiger partial charge in [0.1, 0.15) is 5.60 Å². The van der Waals surface area contributed by atoms with Gasteiger partial charge in [0.25, 0.3) is 0 Å². The van der Waals surface area contributed by atoms with E-state index in [2.05, 4.69) is 31.9 Å². The molecule has 1 aliphatic rings. The van der Waals surface area contributed by atoms with Crippen molar-refractivity contribution in [2.45, 2.75) is 22.2 Å². The molecule has 0 aliphatic carbocycles. The number of hydrogen-bond donors (Lipinski definition) is 0. The van der Waals surface area contributed by atoms with Gasteiger partial charge in [-0.25, -0.2) is 0 Å². The highest BCUT2D eigenvalue weighted by Gasteiger charge is 2.50. The van der Waals surface area contributed by atoms with Crippen LogP contribution in [0.25, 0.3) is 0 Å². The minimum Gasteiger partial charge on any atom is -0.362 e. The predicted molar refractivity (Wildman–Crippen MR) is 75.2 cm³/mol. The number of rotatable bonds is 4. The number of carbonyl (C=O) groups is 1. The van der Waals surface area contributed by atoms with Gasteiger partial charge in [-0.05, 0) is 24.6 Å². The summed E-state index contributed by atoms with van der Waals surface area (Å²) in [6, 6.07) is 7.45. The molecule has 1 fully saturated rings. The van der Waals surface area contributed by atoms with E-state index in [-0.39, 0.29) is 15.4 Å². The van der Waals surface area contributed by atoms with Crippen LogP contribution in [0.1, 0.15) is 17.3 Å². The summed E-state index contributed by atoms with van der Waals surface area (Å²) in [5, 5.41) is 0.660. The lowest BCUT2D eigenvalue weighted by atomic mass is 10.00. The summed E-state index contributed by atoms with van der Waals surface area (Å²) in [6.07, 6.45) is 0. The Bertz CT molecular complexity index is 446. The summed E-state index contributed by atoms with van der Waals surface area (Å²) in [7, 11) is 0. The molecular formula is C12H11Br2ClO2. The summed E-state index contributed by atoms with van der Waals surface area (Å²) in [6.45, 7) is 2.31. The highest BCUT2D eigenvalue weighted by atomic mass is 79.9. The van der Waals surface area contributed by atoms with Crippen molar-refractivity contribution >= 4 is 49.2 Å². The van der Waals surface area contributed by atoms with Crippen molar-refractivity contribution in [2.75, 3.05) is 6.61 Å². The molecule has 0 spiro atoms. The second-order valence-electron chi connectivity index (χ2n) is 4.24. The maximum atomic E-state index is 12.1. The first kappa shape index (κ1) is 13.5. The fourth-order valence-corrected chi connectivity index (χ4v) is 3.04. The van der Waals surface area contributed by atoms with Crippen molar-refractivity contribution < 1.29 is 9.53 Å². The molecule has 0 bridgehead atoms. The predicted octanol–water partition coefficient (Wildman–Crippen LogP) is 3.90. The van der Waals surface area contributed by atoms with Gasteiger partial charge in [-0.15, -0.1) is 0 Å². The van der Waals surface area contributed by atoms with Gasteiger partial charge < -0.3 is 4.74 Å². The van der Waals surface area contributed by atoms with Crippen molar-refractivity contribution in [1.82, 2.24) is 0 Å². The largest absolute Gasteiger partial charge is 0.362 e. The Balaban J connectivity index is 2.14. The van der Waals surface area contributed by atoms with E-state index in [9.17, 15) is 4.79 Å². The van der Waals surface area contributed by atoms with Crippen LogP contribution in [0.15, 0.2) is 24.3 Å². The van der Waals surface area contributed by atoms with Crippen LogP contribution in [0.5, 0.6) is 0 Å². The van der Waals surface area contributed by atoms with E-state index in [1.54, 1.807) is 13.0 Å². The van der Waals surface area contributed by atoms with Crippen LogP contribution < -0.4 is 0 Å². The SMILES string of the molecule is CC1(C(=O)C(Br)C(Br)c2cccc(Cl)c2)CO1. The summed E-state index contributed by atoms with van der Waals surface area (Å²) in [4.78, 5) is 11.7. The van der Waals surface area contributed by atoms with Crippen molar-refractivity contribution in [2.24, 2.45) is 0 Å². The first-order chi connectivity index (χ1) is 7.94. The molecular weight excluding hydrogens is 371 g/mol. The van der Waals surface area contributed by atoms with Crippen molar-refractivity contribution in [3.8, 4) is 0 Å². The lowest BCUT2D eigenvalue weighted by Gasteiger charge is -2.18. The van der Waals surface area contributed by atoms with Crippen LogP contribution in [-0.2, 0) is 9.53 Å². The van der Waals surface area contributed by atoms with Gasteiger partial charge in [-0.2, -0.15) is 0 Å². The monoisotopic (exact) mass is 380 g/mol. The lowest BCUT2D eigenvalue weighted by molar-refractivity contribution is -0.122. The smallest absolute Gasteiger partial charge is 0.181 e. The molecule has 1 heterocycles. The molecule has 0 radical (unpaired) electrons. The third kappa shape index (κ3) is 2.92. The maximum absolute atomic E-state index is 12.1. The fourth-order valence-electron chi connectivity index (χ4n) is 1.52. The minimum atomic E-state index is -0.612. The second-order valence-corrected chi connectivity index (χ2v) is 6.65. The average molecular weight is 382 g/mol. The van der Waals surface area contributed by atoms with Crippen LogP contribution in [0.4, 0.5) is 0 Å². The summed E-state index contributed by atoms with van der Waals surface area (Å²) < 4.78 is 5.16. The van der Waals surface area contributed by atoms with E-state index in [0.717, 1.165) is 5.56 Å². The van der Waals surface area contributed by atoms with Crippen LogP contribution in [0.2, 0.25) is 5.02 Å². The Morgan fingerprint density at radius 2 is 2.18 bits per heavy atom. The molecule has 92 valence electrons. The van der Waals surface area contributed by atoms with E-state index >= 15 is 0 Å². The third-order valence-electron chi connectivity index (χ3n) is 2.77. The molecule has 5 heteroatoms. The van der Waals surface area contributed by atoms with Gasteiger partial charge in [-0.1, -0.05) is 55.6 Å². The average Bonchev–Trinajstić information content (AvgIpc) is 3.06. The van der Waals surface area contributed by atoms with Crippen molar-refractivity contribution in [3.05, 3.63) is 34.9 Å². The maximum Gasteiger partial charge on any atom is 0.181 e. The molecule has 0 N–H and O–H groups in total. The molecule has 3 atom stereocenters. The van der Waals surface area contributed by atoms with E-state index in [0.29, 0.717) is 11.6 Å². The van der Waals surface area contributed by atoms with E-state index in [4.69, 9.17) is 16.3 Å². The van der Waals surface area contributed by atoms with E-state index in [1.807, 2.05) is 18.2 Å². The lowest BCUT2D eigenvalue weighted by Crippen LogP contribution is -2.31. The molecule has 0 aromatic heterocycles. The zero-order valence-electron chi connectivity index (χ0n) is 9.12. The summed E-state index contributed by atoms with van der Waals surface area (Å²) in [5.74, 6) is 0.0550. The zero-order valence-corrected chi connectivity index (χ0v) is 13.0. The number of alkyl halides is 2. The Morgan fingerprint density at radius 1 is 1.53 bits per heavy atom. The van der Waals surface area contributed by atoms with Crippen LogP contribution in [-0.4, -0.2) is 22.8 Å². The Labute approximate surface area is 122 Å².